The number of aromatic nitrogens is 1. The molecule has 4 aromatic rings. The van der Waals surface area contributed by atoms with Gasteiger partial charge in [0.25, 0.3) is 0 Å². The number of fused-ring (bicyclic) bond motifs is 2. The van der Waals surface area contributed by atoms with Gasteiger partial charge in [0.15, 0.2) is 15.4 Å². The number of carbonyl (C=O) groups is 1. The highest BCUT2D eigenvalue weighted by Crippen LogP contribution is 2.42. The molecule has 7 nitrogen and oxygen atoms in total. The zero-order valence-electron chi connectivity index (χ0n) is 18.5. The molecule has 1 amide bonds. The van der Waals surface area contributed by atoms with Crippen molar-refractivity contribution in [1.82, 2.24) is 4.98 Å². The Morgan fingerprint density at radius 1 is 1.00 bits per heavy atom. The summed E-state index contributed by atoms with van der Waals surface area (Å²) >= 11 is 0. The number of rotatable bonds is 3. The van der Waals surface area contributed by atoms with Crippen LogP contribution < -0.4 is 9.80 Å². The van der Waals surface area contributed by atoms with E-state index in [1.165, 1.54) is 6.26 Å². The highest BCUT2D eigenvalue weighted by atomic mass is 32.2. The number of oxazole rings is 1. The number of amides is 1. The molecule has 168 valence electrons. The predicted molar refractivity (Wildman–Crippen MR) is 129 cm³/mol. The number of carbonyl (C=O) groups excluding carboxylic acids is 1. The lowest BCUT2D eigenvalue weighted by Gasteiger charge is -2.40. The normalized spacial score (nSPS) is 16.2. The van der Waals surface area contributed by atoms with Crippen LogP contribution in [0.25, 0.3) is 22.2 Å². The summed E-state index contributed by atoms with van der Waals surface area (Å²) < 4.78 is 29.7. The molecule has 0 aliphatic carbocycles. The van der Waals surface area contributed by atoms with Crippen LogP contribution in [0.3, 0.4) is 0 Å². The summed E-state index contributed by atoms with van der Waals surface area (Å²) in [5.74, 6) is -0.0359. The Hall–Kier alpha value is -3.65. The summed E-state index contributed by atoms with van der Waals surface area (Å²) in [7, 11) is -3.27. The van der Waals surface area contributed by atoms with Gasteiger partial charge in [-0.2, -0.15) is 4.98 Å². The first kappa shape index (κ1) is 21.2. The molecule has 0 fully saturated rings. The van der Waals surface area contributed by atoms with E-state index in [0.717, 1.165) is 28.0 Å². The van der Waals surface area contributed by atoms with Crippen LogP contribution in [-0.4, -0.2) is 38.2 Å². The van der Waals surface area contributed by atoms with E-state index < -0.39 is 9.84 Å². The van der Waals surface area contributed by atoms with Gasteiger partial charge < -0.3 is 9.32 Å². The summed E-state index contributed by atoms with van der Waals surface area (Å²) in [5.41, 5.74) is 4.81. The molecule has 8 heteroatoms. The molecule has 0 radical (unpaired) electrons. The molecule has 1 aliphatic rings. The first-order chi connectivity index (χ1) is 15.7. The van der Waals surface area contributed by atoms with Gasteiger partial charge in [0, 0.05) is 19.7 Å². The lowest BCUT2D eigenvalue weighted by Crippen LogP contribution is -2.48. The van der Waals surface area contributed by atoms with Crippen LogP contribution in [0.2, 0.25) is 0 Å². The second kappa shape index (κ2) is 7.74. The minimum Gasteiger partial charge on any atom is -0.423 e. The van der Waals surface area contributed by atoms with Crippen molar-refractivity contribution in [1.29, 1.82) is 0 Å². The second-order valence-corrected chi connectivity index (χ2v) is 10.3. The molecule has 3 aromatic carbocycles. The zero-order chi connectivity index (χ0) is 23.3. The van der Waals surface area contributed by atoms with Gasteiger partial charge in [-0.05, 0) is 54.4 Å². The summed E-state index contributed by atoms with van der Waals surface area (Å²) in [5, 5.41) is 0. The third kappa shape index (κ3) is 3.76. The smallest absolute Gasteiger partial charge is 0.303 e. The minimum atomic E-state index is -3.27. The lowest BCUT2D eigenvalue weighted by molar-refractivity contribution is -0.117. The summed E-state index contributed by atoms with van der Waals surface area (Å²) in [6, 6.07) is 20.6. The van der Waals surface area contributed by atoms with E-state index in [-0.39, 0.29) is 16.8 Å². The van der Waals surface area contributed by atoms with E-state index in [1.54, 1.807) is 36.1 Å². The topological polar surface area (TPSA) is 83.7 Å². The molecule has 1 aromatic heterocycles. The van der Waals surface area contributed by atoms with E-state index in [1.807, 2.05) is 54.3 Å². The number of sulfone groups is 1. The van der Waals surface area contributed by atoms with Crippen molar-refractivity contribution in [3.8, 4) is 11.1 Å². The average molecular weight is 462 g/mol. The first-order valence-electron chi connectivity index (χ1n) is 10.6. The zero-order valence-corrected chi connectivity index (χ0v) is 19.3. The molecule has 1 atom stereocenters. The van der Waals surface area contributed by atoms with E-state index in [2.05, 4.69) is 4.98 Å². The van der Waals surface area contributed by atoms with Gasteiger partial charge in [0.2, 0.25) is 5.91 Å². The third-order valence-corrected chi connectivity index (χ3v) is 7.01. The van der Waals surface area contributed by atoms with Crippen molar-refractivity contribution in [2.24, 2.45) is 0 Å². The SMILES string of the molecule is CC(=O)N1c2ccc(-c3ccc(S(C)(=O)=O)cc3)cc2N(c2nc3ccccc3o2)C[C@@H]1C. The van der Waals surface area contributed by atoms with Gasteiger partial charge in [-0.25, -0.2) is 8.42 Å². The largest absolute Gasteiger partial charge is 0.423 e. The number of para-hydroxylation sites is 2. The standard InChI is InChI=1S/C25H23N3O4S/c1-16-15-27(25-26-21-6-4-5-7-24(21)32-25)23-14-19(10-13-22(23)28(16)17(2)29)18-8-11-20(12-9-18)33(3,30)31/h4-14,16H,15H2,1-3H3/t16-/m0/s1. The number of benzene rings is 3. The maximum atomic E-state index is 12.5. The second-order valence-electron chi connectivity index (χ2n) is 8.31. The molecule has 0 bridgehead atoms. The van der Waals surface area contributed by atoms with Crippen molar-refractivity contribution in [2.75, 3.05) is 22.6 Å². The maximum Gasteiger partial charge on any atom is 0.303 e. The van der Waals surface area contributed by atoms with E-state index >= 15 is 0 Å². The fourth-order valence-corrected chi connectivity index (χ4v) is 4.97. The molecule has 1 aliphatic heterocycles. The molecule has 0 saturated heterocycles. The van der Waals surface area contributed by atoms with Gasteiger partial charge in [-0.1, -0.05) is 30.3 Å². The summed E-state index contributed by atoms with van der Waals surface area (Å²) in [4.78, 5) is 21.2. The summed E-state index contributed by atoms with van der Waals surface area (Å²) in [6.45, 7) is 4.08. The number of hydrogen-bond acceptors (Lipinski definition) is 6. The Kier molecular flexibility index (Phi) is 4.97. The number of nitrogens with zero attached hydrogens (tertiary/aromatic N) is 3. The molecule has 2 heterocycles. The van der Waals surface area contributed by atoms with E-state index in [0.29, 0.717) is 18.1 Å². The van der Waals surface area contributed by atoms with Crippen molar-refractivity contribution >= 4 is 44.2 Å². The molecular formula is C25H23N3O4S. The van der Waals surface area contributed by atoms with E-state index in [4.69, 9.17) is 4.42 Å². The fraction of sp³-hybridized carbons (Fsp3) is 0.200. The third-order valence-electron chi connectivity index (χ3n) is 5.88. The lowest BCUT2D eigenvalue weighted by atomic mass is 10.0. The van der Waals surface area contributed by atoms with Crippen LogP contribution in [0.1, 0.15) is 13.8 Å². The predicted octanol–water partition coefficient (Wildman–Crippen LogP) is 4.79. The van der Waals surface area contributed by atoms with Gasteiger partial charge in [0.1, 0.15) is 5.52 Å². The monoisotopic (exact) mass is 461 g/mol. The molecular weight excluding hydrogens is 438 g/mol. The number of hydrogen-bond donors (Lipinski definition) is 0. The number of anilines is 3. The minimum absolute atomic E-state index is 0.0359. The summed E-state index contributed by atoms with van der Waals surface area (Å²) in [6.07, 6.45) is 1.19. The van der Waals surface area contributed by atoms with Crippen LogP contribution in [-0.2, 0) is 14.6 Å². The molecule has 33 heavy (non-hydrogen) atoms. The Morgan fingerprint density at radius 2 is 1.70 bits per heavy atom. The first-order valence-corrected chi connectivity index (χ1v) is 12.5. The van der Waals surface area contributed by atoms with Crippen molar-refractivity contribution in [2.45, 2.75) is 24.8 Å². The van der Waals surface area contributed by atoms with Crippen LogP contribution in [0.4, 0.5) is 17.4 Å². The fourth-order valence-electron chi connectivity index (χ4n) is 4.34. The maximum absolute atomic E-state index is 12.5. The van der Waals surface area contributed by atoms with Gasteiger partial charge >= 0.3 is 6.01 Å². The molecule has 5 rings (SSSR count). The van der Waals surface area contributed by atoms with Crippen molar-refractivity contribution < 1.29 is 17.6 Å². The van der Waals surface area contributed by atoms with Crippen molar-refractivity contribution in [3.05, 3.63) is 66.7 Å². The quantitative estimate of drug-likeness (QED) is 0.436. The van der Waals surface area contributed by atoms with Crippen LogP contribution in [0.15, 0.2) is 76.0 Å². The highest BCUT2D eigenvalue weighted by molar-refractivity contribution is 7.90. The Labute approximate surface area is 192 Å². The molecule has 0 saturated carbocycles. The van der Waals surface area contributed by atoms with Gasteiger partial charge in [0.05, 0.1) is 22.3 Å². The van der Waals surface area contributed by atoms with Crippen molar-refractivity contribution in [3.63, 3.8) is 0 Å². The van der Waals surface area contributed by atoms with E-state index in [9.17, 15) is 13.2 Å². The van der Waals surface area contributed by atoms with Crippen LogP contribution >= 0.6 is 0 Å². The molecule has 0 unspecified atom stereocenters. The molecule has 0 N–H and O–H groups in total. The average Bonchev–Trinajstić information content (AvgIpc) is 3.21. The van der Waals surface area contributed by atoms with Crippen LogP contribution in [0, 0.1) is 0 Å². The highest BCUT2D eigenvalue weighted by Gasteiger charge is 2.33. The van der Waals surface area contributed by atoms with Gasteiger partial charge in [-0.15, -0.1) is 0 Å². The Morgan fingerprint density at radius 3 is 2.36 bits per heavy atom. The Bertz CT molecular complexity index is 1440. The molecule has 0 spiro atoms. The van der Waals surface area contributed by atoms with Gasteiger partial charge in [-0.3, -0.25) is 9.69 Å². The van der Waals surface area contributed by atoms with Crippen LogP contribution in [0.5, 0.6) is 0 Å². The Balaban J connectivity index is 1.64.